The monoisotopic (exact) mass is 277 g/mol. The molecule has 1 unspecified atom stereocenters. The molecular formula is C15H23N3O2. The van der Waals surface area contributed by atoms with Gasteiger partial charge in [0.15, 0.2) is 0 Å². The average Bonchev–Trinajstić information content (AvgIpc) is 2.35. The van der Waals surface area contributed by atoms with E-state index < -0.39 is 0 Å². The Morgan fingerprint density at radius 3 is 2.25 bits per heavy atom. The minimum atomic E-state index is -0.288. The van der Waals surface area contributed by atoms with Crippen molar-refractivity contribution in [2.24, 2.45) is 5.41 Å². The second-order valence-corrected chi connectivity index (χ2v) is 5.96. The van der Waals surface area contributed by atoms with Crippen LogP contribution < -0.4 is 16.4 Å². The van der Waals surface area contributed by atoms with Crippen molar-refractivity contribution in [2.75, 3.05) is 12.3 Å². The van der Waals surface area contributed by atoms with Crippen molar-refractivity contribution in [3.05, 3.63) is 29.8 Å². The molecule has 110 valence electrons. The predicted molar refractivity (Wildman–Crippen MR) is 80.2 cm³/mol. The third kappa shape index (κ3) is 4.91. The number of carbonyl (C=O) groups is 2. The number of nitrogens with two attached hydrogens (primary N) is 1. The SMILES string of the molecule is CC(NC(=O)CNC(=O)c1ccc(N)cc1)C(C)(C)C. The summed E-state index contributed by atoms with van der Waals surface area (Å²) in [5.74, 6) is -0.486. The normalized spacial score (nSPS) is 12.6. The van der Waals surface area contributed by atoms with Crippen molar-refractivity contribution >= 4 is 17.5 Å². The highest BCUT2D eigenvalue weighted by molar-refractivity contribution is 5.96. The van der Waals surface area contributed by atoms with Gasteiger partial charge in [0, 0.05) is 17.3 Å². The molecule has 0 fully saturated rings. The fraction of sp³-hybridized carbons (Fsp3) is 0.467. The minimum Gasteiger partial charge on any atom is -0.399 e. The summed E-state index contributed by atoms with van der Waals surface area (Å²) >= 11 is 0. The fourth-order valence-corrected chi connectivity index (χ4v) is 1.41. The Balaban J connectivity index is 2.45. The molecule has 0 bridgehead atoms. The van der Waals surface area contributed by atoms with E-state index in [0.29, 0.717) is 11.3 Å². The zero-order valence-corrected chi connectivity index (χ0v) is 12.5. The van der Waals surface area contributed by atoms with E-state index in [0.717, 1.165) is 0 Å². The lowest BCUT2D eigenvalue weighted by Gasteiger charge is -2.28. The molecule has 0 heterocycles. The van der Waals surface area contributed by atoms with E-state index in [1.54, 1.807) is 24.3 Å². The van der Waals surface area contributed by atoms with Gasteiger partial charge in [0.25, 0.3) is 5.91 Å². The van der Waals surface area contributed by atoms with Gasteiger partial charge in [0.2, 0.25) is 5.91 Å². The molecule has 1 aromatic rings. The molecule has 20 heavy (non-hydrogen) atoms. The number of benzene rings is 1. The van der Waals surface area contributed by atoms with Gasteiger partial charge >= 0.3 is 0 Å². The molecular weight excluding hydrogens is 254 g/mol. The lowest BCUT2D eigenvalue weighted by atomic mass is 9.88. The van der Waals surface area contributed by atoms with Crippen molar-refractivity contribution < 1.29 is 9.59 Å². The van der Waals surface area contributed by atoms with E-state index in [1.165, 1.54) is 0 Å². The van der Waals surface area contributed by atoms with Gasteiger partial charge in [0.05, 0.1) is 6.54 Å². The van der Waals surface area contributed by atoms with Crippen LogP contribution >= 0.6 is 0 Å². The zero-order chi connectivity index (χ0) is 15.3. The first-order chi connectivity index (χ1) is 9.20. The number of carbonyl (C=O) groups excluding carboxylic acids is 2. The maximum absolute atomic E-state index is 11.8. The maximum Gasteiger partial charge on any atom is 0.251 e. The standard InChI is InChI=1S/C15H23N3O2/c1-10(15(2,3)4)18-13(19)9-17-14(20)11-5-7-12(16)8-6-11/h5-8,10H,9,16H2,1-4H3,(H,17,20)(H,18,19). The largest absolute Gasteiger partial charge is 0.399 e. The Hall–Kier alpha value is -2.04. The van der Waals surface area contributed by atoms with E-state index in [9.17, 15) is 9.59 Å². The molecule has 0 aliphatic carbocycles. The van der Waals surface area contributed by atoms with E-state index >= 15 is 0 Å². The van der Waals surface area contributed by atoms with Gasteiger partial charge in [0.1, 0.15) is 0 Å². The van der Waals surface area contributed by atoms with Crippen LogP contribution in [-0.4, -0.2) is 24.4 Å². The second kappa shape index (κ2) is 6.41. The Kier molecular flexibility index (Phi) is 5.13. The number of nitrogens with one attached hydrogen (secondary N) is 2. The molecule has 0 aromatic heterocycles. The number of nitrogen functional groups attached to an aromatic ring is 1. The van der Waals surface area contributed by atoms with Gasteiger partial charge in [-0.25, -0.2) is 0 Å². The lowest BCUT2D eigenvalue weighted by molar-refractivity contribution is -0.121. The molecule has 0 spiro atoms. The Labute approximate surface area is 119 Å². The molecule has 0 saturated heterocycles. The molecule has 5 nitrogen and oxygen atoms in total. The van der Waals surface area contributed by atoms with Gasteiger partial charge in [-0.05, 0) is 36.6 Å². The summed E-state index contributed by atoms with van der Waals surface area (Å²) in [6.07, 6.45) is 0. The summed E-state index contributed by atoms with van der Waals surface area (Å²) in [7, 11) is 0. The Morgan fingerprint density at radius 1 is 1.20 bits per heavy atom. The van der Waals surface area contributed by atoms with Crippen LogP contribution in [-0.2, 0) is 4.79 Å². The molecule has 4 N–H and O–H groups in total. The van der Waals surface area contributed by atoms with Crippen molar-refractivity contribution in [3.8, 4) is 0 Å². The van der Waals surface area contributed by atoms with Crippen molar-refractivity contribution in [1.29, 1.82) is 0 Å². The molecule has 1 atom stereocenters. The number of hydrogen-bond donors (Lipinski definition) is 3. The molecule has 1 aromatic carbocycles. The first kappa shape index (κ1) is 16.0. The summed E-state index contributed by atoms with van der Waals surface area (Å²) in [6.45, 7) is 8.05. The number of amides is 2. The molecule has 0 aliphatic rings. The average molecular weight is 277 g/mol. The lowest BCUT2D eigenvalue weighted by Crippen LogP contribution is -2.45. The van der Waals surface area contributed by atoms with Crippen LogP contribution in [0, 0.1) is 5.41 Å². The van der Waals surface area contributed by atoms with Crippen molar-refractivity contribution in [1.82, 2.24) is 10.6 Å². The quantitative estimate of drug-likeness (QED) is 0.730. The van der Waals surface area contributed by atoms with Gasteiger partial charge in [-0.3, -0.25) is 9.59 Å². The van der Waals surface area contributed by atoms with E-state index in [4.69, 9.17) is 5.73 Å². The summed E-state index contributed by atoms with van der Waals surface area (Å²) < 4.78 is 0. The molecule has 0 saturated carbocycles. The number of hydrogen-bond acceptors (Lipinski definition) is 3. The van der Waals surface area contributed by atoms with Crippen LogP contribution in [0.15, 0.2) is 24.3 Å². The highest BCUT2D eigenvalue weighted by Crippen LogP contribution is 2.18. The smallest absolute Gasteiger partial charge is 0.251 e. The predicted octanol–water partition coefficient (Wildman–Crippen LogP) is 1.55. The highest BCUT2D eigenvalue weighted by atomic mass is 16.2. The van der Waals surface area contributed by atoms with Crippen molar-refractivity contribution in [2.45, 2.75) is 33.7 Å². The Morgan fingerprint density at radius 2 is 1.75 bits per heavy atom. The van der Waals surface area contributed by atoms with Crippen LogP contribution in [0.25, 0.3) is 0 Å². The topological polar surface area (TPSA) is 84.2 Å². The maximum atomic E-state index is 11.8. The molecule has 0 aliphatic heterocycles. The van der Waals surface area contributed by atoms with Crippen LogP contribution in [0.1, 0.15) is 38.1 Å². The third-order valence-corrected chi connectivity index (χ3v) is 3.26. The van der Waals surface area contributed by atoms with Crippen LogP contribution in [0.2, 0.25) is 0 Å². The van der Waals surface area contributed by atoms with Crippen LogP contribution in [0.3, 0.4) is 0 Å². The number of anilines is 1. The van der Waals surface area contributed by atoms with Crippen molar-refractivity contribution in [3.63, 3.8) is 0 Å². The molecule has 2 amide bonds. The van der Waals surface area contributed by atoms with E-state index in [-0.39, 0.29) is 29.8 Å². The first-order valence-electron chi connectivity index (χ1n) is 6.63. The summed E-state index contributed by atoms with van der Waals surface area (Å²) in [5, 5.41) is 5.45. The fourth-order valence-electron chi connectivity index (χ4n) is 1.41. The second-order valence-electron chi connectivity index (χ2n) is 5.96. The molecule has 1 rings (SSSR count). The summed E-state index contributed by atoms with van der Waals surface area (Å²) in [5.41, 5.74) is 6.61. The van der Waals surface area contributed by atoms with Gasteiger partial charge in [-0.2, -0.15) is 0 Å². The highest BCUT2D eigenvalue weighted by Gasteiger charge is 2.21. The van der Waals surface area contributed by atoms with E-state index in [1.807, 2.05) is 27.7 Å². The molecule has 0 radical (unpaired) electrons. The third-order valence-electron chi connectivity index (χ3n) is 3.26. The summed E-state index contributed by atoms with van der Waals surface area (Å²) in [4.78, 5) is 23.6. The molecule has 5 heteroatoms. The van der Waals surface area contributed by atoms with Crippen LogP contribution in [0.4, 0.5) is 5.69 Å². The zero-order valence-electron chi connectivity index (χ0n) is 12.5. The minimum absolute atomic E-state index is 0.0172. The van der Waals surface area contributed by atoms with Gasteiger partial charge in [-0.1, -0.05) is 20.8 Å². The first-order valence-corrected chi connectivity index (χ1v) is 6.63. The van der Waals surface area contributed by atoms with Gasteiger partial charge in [-0.15, -0.1) is 0 Å². The summed E-state index contributed by atoms with van der Waals surface area (Å²) in [6, 6.07) is 6.58. The van der Waals surface area contributed by atoms with Gasteiger partial charge < -0.3 is 16.4 Å². The Bertz CT molecular complexity index is 475. The number of rotatable bonds is 4. The van der Waals surface area contributed by atoms with Crippen LogP contribution in [0.5, 0.6) is 0 Å². The van der Waals surface area contributed by atoms with E-state index in [2.05, 4.69) is 10.6 Å².